The number of alkyl halides is 3. The molecule has 1 aliphatic rings. The van der Waals surface area contributed by atoms with Crippen LogP contribution in [0.2, 0.25) is 0 Å². The van der Waals surface area contributed by atoms with Gasteiger partial charge in [-0.15, -0.1) is 0 Å². The zero-order valence-electron chi connectivity index (χ0n) is 7.68. The van der Waals surface area contributed by atoms with Crippen LogP contribution in [0.3, 0.4) is 0 Å². The van der Waals surface area contributed by atoms with Gasteiger partial charge in [-0.2, -0.15) is 13.2 Å². The quantitative estimate of drug-likeness (QED) is 0.624. The topological polar surface area (TPSA) is 39.2 Å². The Morgan fingerprint density at radius 3 is 2.73 bits per heavy atom. The van der Waals surface area contributed by atoms with Crippen LogP contribution in [0.25, 0.3) is 0 Å². The number of carbonyl (C=O) groups excluding carboxylic acids is 1. The second-order valence-electron chi connectivity index (χ2n) is 3.20. The summed E-state index contributed by atoms with van der Waals surface area (Å²) >= 11 is 0. The highest BCUT2D eigenvalue weighted by molar-refractivity contribution is 5.91. The van der Waals surface area contributed by atoms with Crippen LogP contribution in [-0.2, 0) is 17.5 Å². The van der Waals surface area contributed by atoms with Crippen molar-refractivity contribution in [1.82, 2.24) is 4.98 Å². The highest BCUT2D eigenvalue weighted by atomic mass is 19.4. The molecule has 0 atom stereocenters. The van der Waals surface area contributed by atoms with Crippen molar-refractivity contribution in [2.24, 2.45) is 0 Å². The number of carbonyl (C=O) groups is 1. The Bertz CT molecular complexity index is 440. The molecule has 0 aromatic carbocycles. The van der Waals surface area contributed by atoms with Crippen LogP contribution in [0.4, 0.5) is 13.2 Å². The number of ether oxygens (including phenoxy) is 1. The number of esters is 1. The number of nitrogens with zero attached hydrogens (tertiary/aromatic N) is 1. The molecule has 80 valence electrons. The maximum atomic E-state index is 12.4. The molecule has 0 unspecified atom stereocenters. The number of rotatable bonds is 0. The number of aryl methyl sites for hydroxylation is 1. The number of fused-ring (bicyclic) bond motifs is 1. The van der Waals surface area contributed by atoms with Crippen LogP contribution in [0.5, 0.6) is 0 Å². The number of hydrogen-bond donors (Lipinski definition) is 0. The first-order valence-corrected chi connectivity index (χ1v) is 4.14. The largest absolute Gasteiger partial charge is 0.456 e. The van der Waals surface area contributed by atoms with Crippen molar-refractivity contribution < 1.29 is 22.7 Å². The van der Waals surface area contributed by atoms with Gasteiger partial charge in [0.25, 0.3) is 0 Å². The molecule has 1 aliphatic heterocycles. The van der Waals surface area contributed by atoms with E-state index in [1.807, 2.05) is 0 Å². The van der Waals surface area contributed by atoms with E-state index in [2.05, 4.69) is 9.72 Å². The Hall–Kier alpha value is -1.59. The fourth-order valence-corrected chi connectivity index (χ4v) is 1.43. The van der Waals surface area contributed by atoms with E-state index in [9.17, 15) is 18.0 Å². The van der Waals surface area contributed by atoms with Gasteiger partial charge in [0, 0.05) is 5.56 Å². The standard InChI is InChI=1S/C9H6F3NO2/c1-4-6(9(10,11)12)2-5-3-15-8(14)7(5)13-4/h2H,3H2,1H3. The van der Waals surface area contributed by atoms with Crippen LogP contribution in [0, 0.1) is 6.92 Å². The molecule has 0 N–H and O–H groups in total. The van der Waals surface area contributed by atoms with Gasteiger partial charge in [0.05, 0.1) is 11.3 Å². The molecule has 6 heteroatoms. The molecular formula is C9H6F3NO2. The number of halogens is 3. The minimum atomic E-state index is -4.45. The molecule has 0 aliphatic carbocycles. The first-order valence-electron chi connectivity index (χ1n) is 4.14. The maximum absolute atomic E-state index is 12.4. The van der Waals surface area contributed by atoms with Gasteiger partial charge in [0.1, 0.15) is 6.61 Å². The van der Waals surface area contributed by atoms with Gasteiger partial charge in [-0.1, -0.05) is 0 Å². The monoisotopic (exact) mass is 217 g/mol. The van der Waals surface area contributed by atoms with Gasteiger partial charge in [0.2, 0.25) is 0 Å². The predicted molar refractivity (Wildman–Crippen MR) is 43.1 cm³/mol. The normalized spacial score (nSPS) is 15.1. The molecule has 3 nitrogen and oxygen atoms in total. The zero-order chi connectivity index (χ0) is 11.2. The van der Waals surface area contributed by atoms with Gasteiger partial charge in [-0.25, -0.2) is 9.78 Å². The van der Waals surface area contributed by atoms with E-state index in [4.69, 9.17) is 0 Å². The Morgan fingerprint density at radius 1 is 1.47 bits per heavy atom. The van der Waals surface area contributed by atoms with Crippen LogP contribution >= 0.6 is 0 Å². The number of aromatic nitrogens is 1. The molecule has 0 spiro atoms. The smallest absolute Gasteiger partial charge is 0.418 e. The molecule has 0 bridgehead atoms. The molecule has 0 fully saturated rings. The summed E-state index contributed by atoms with van der Waals surface area (Å²) in [5.74, 6) is -0.665. The molecule has 0 saturated heterocycles. The minimum absolute atomic E-state index is 0.0134. The van der Waals surface area contributed by atoms with Gasteiger partial charge in [-0.05, 0) is 13.0 Å². The van der Waals surface area contributed by atoms with Crippen molar-refractivity contribution in [2.45, 2.75) is 19.7 Å². The van der Waals surface area contributed by atoms with Gasteiger partial charge < -0.3 is 4.74 Å². The summed E-state index contributed by atoms with van der Waals surface area (Å²) in [7, 11) is 0. The zero-order valence-corrected chi connectivity index (χ0v) is 7.68. The Labute approximate surface area is 82.9 Å². The Morgan fingerprint density at radius 2 is 2.13 bits per heavy atom. The molecule has 15 heavy (non-hydrogen) atoms. The van der Waals surface area contributed by atoms with E-state index < -0.39 is 17.7 Å². The number of pyridine rings is 1. The second-order valence-corrected chi connectivity index (χ2v) is 3.20. The summed E-state index contributed by atoms with van der Waals surface area (Å²) in [5, 5.41) is 0. The summed E-state index contributed by atoms with van der Waals surface area (Å²) in [6.45, 7) is 1.08. The Kier molecular flexibility index (Phi) is 1.95. The van der Waals surface area contributed by atoms with E-state index in [0.29, 0.717) is 0 Å². The van der Waals surface area contributed by atoms with E-state index in [-0.39, 0.29) is 23.6 Å². The van der Waals surface area contributed by atoms with Crippen LogP contribution < -0.4 is 0 Å². The van der Waals surface area contributed by atoms with Gasteiger partial charge in [-0.3, -0.25) is 0 Å². The summed E-state index contributed by atoms with van der Waals surface area (Å²) in [5.41, 5.74) is -0.849. The maximum Gasteiger partial charge on any atom is 0.418 e. The molecule has 0 radical (unpaired) electrons. The first-order chi connectivity index (χ1) is 6.89. The second kappa shape index (κ2) is 2.95. The van der Waals surface area contributed by atoms with Gasteiger partial charge >= 0.3 is 12.1 Å². The van der Waals surface area contributed by atoms with Crippen LogP contribution in [0.15, 0.2) is 6.07 Å². The van der Waals surface area contributed by atoms with Crippen LogP contribution in [-0.4, -0.2) is 11.0 Å². The lowest BCUT2D eigenvalue weighted by atomic mass is 10.1. The number of cyclic esters (lactones) is 1. The number of hydrogen-bond acceptors (Lipinski definition) is 3. The van der Waals surface area contributed by atoms with Crippen molar-refractivity contribution in [3.8, 4) is 0 Å². The fourth-order valence-electron chi connectivity index (χ4n) is 1.43. The summed E-state index contributed by atoms with van der Waals surface area (Å²) in [4.78, 5) is 14.6. The van der Waals surface area contributed by atoms with E-state index in [0.717, 1.165) is 6.07 Å². The molecular weight excluding hydrogens is 211 g/mol. The highest BCUT2D eigenvalue weighted by Crippen LogP contribution is 2.33. The third-order valence-electron chi connectivity index (χ3n) is 2.15. The minimum Gasteiger partial charge on any atom is -0.456 e. The lowest BCUT2D eigenvalue weighted by molar-refractivity contribution is -0.138. The van der Waals surface area contributed by atoms with Crippen molar-refractivity contribution in [3.63, 3.8) is 0 Å². The lowest BCUT2D eigenvalue weighted by Crippen LogP contribution is -2.11. The SMILES string of the molecule is Cc1nc2c(cc1C(F)(F)F)COC2=O. The van der Waals surface area contributed by atoms with E-state index >= 15 is 0 Å². The van der Waals surface area contributed by atoms with Crippen molar-refractivity contribution in [3.05, 3.63) is 28.6 Å². The van der Waals surface area contributed by atoms with Crippen molar-refractivity contribution in [1.29, 1.82) is 0 Å². The lowest BCUT2D eigenvalue weighted by Gasteiger charge is -2.09. The fraction of sp³-hybridized carbons (Fsp3) is 0.333. The molecule has 0 saturated carbocycles. The van der Waals surface area contributed by atoms with E-state index in [1.165, 1.54) is 6.92 Å². The third-order valence-corrected chi connectivity index (χ3v) is 2.15. The first kappa shape index (κ1) is 9.95. The van der Waals surface area contributed by atoms with Crippen LogP contribution in [0.1, 0.15) is 27.3 Å². The molecule has 2 rings (SSSR count). The average molecular weight is 217 g/mol. The third kappa shape index (κ3) is 1.55. The molecule has 0 amide bonds. The van der Waals surface area contributed by atoms with Gasteiger partial charge in [0.15, 0.2) is 5.69 Å². The van der Waals surface area contributed by atoms with Crippen molar-refractivity contribution >= 4 is 5.97 Å². The van der Waals surface area contributed by atoms with E-state index in [1.54, 1.807) is 0 Å². The summed E-state index contributed by atoms with van der Waals surface area (Å²) < 4.78 is 41.9. The summed E-state index contributed by atoms with van der Waals surface area (Å²) in [6.07, 6.45) is -4.45. The Balaban J connectivity index is 2.59. The highest BCUT2D eigenvalue weighted by Gasteiger charge is 2.36. The molecule has 1 aromatic heterocycles. The predicted octanol–water partition coefficient (Wildman–Crippen LogP) is 2.08. The summed E-state index contributed by atoms with van der Waals surface area (Å²) in [6, 6.07) is 0.919. The molecule has 1 aromatic rings. The average Bonchev–Trinajstić information content (AvgIpc) is 2.45. The van der Waals surface area contributed by atoms with Crippen molar-refractivity contribution in [2.75, 3.05) is 0 Å². The molecule has 2 heterocycles.